The summed E-state index contributed by atoms with van der Waals surface area (Å²) in [6.07, 6.45) is -0.0442. The summed E-state index contributed by atoms with van der Waals surface area (Å²) >= 11 is 0. The number of methoxy groups -OCH3 is 1. The third-order valence-corrected chi connectivity index (χ3v) is 5.19. The van der Waals surface area contributed by atoms with Gasteiger partial charge in [-0.3, -0.25) is 4.79 Å². The van der Waals surface area contributed by atoms with Gasteiger partial charge < -0.3 is 19.2 Å². The minimum Gasteiger partial charge on any atom is -0.449 e. The molecule has 0 aliphatic heterocycles. The first-order valence-corrected chi connectivity index (χ1v) is 10.1. The molecule has 30 heavy (non-hydrogen) atoms. The van der Waals surface area contributed by atoms with Crippen LogP contribution in [0.1, 0.15) is 54.8 Å². The molecule has 0 saturated heterocycles. The Morgan fingerprint density at radius 3 is 2.50 bits per heavy atom. The van der Waals surface area contributed by atoms with E-state index in [2.05, 4.69) is 19.2 Å². The average Bonchev–Trinajstić information content (AvgIpc) is 3.12. The van der Waals surface area contributed by atoms with E-state index in [0.717, 1.165) is 23.1 Å². The van der Waals surface area contributed by atoms with Crippen molar-refractivity contribution in [2.24, 2.45) is 0 Å². The molecule has 1 N–H and O–H groups in total. The van der Waals surface area contributed by atoms with Gasteiger partial charge in [0.05, 0.1) is 6.61 Å². The molecule has 0 fully saturated rings. The number of anilines is 1. The minimum atomic E-state index is -0.994. The van der Waals surface area contributed by atoms with Gasteiger partial charge >= 0.3 is 5.97 Å². The second kappa shape index (κ2) is 9.59. The number of carbonyl (C=O) groups excluding carboxylic acids is 2. The molecule has 1 heterocycles. The summed E-state index contributed by atoms with van der Waals surface area (Å²) in [4.78, 5) is 25.4. The fourth-order valence-electron chi connectivity index (χ4n) is 3.31. The third kappa shape index (κ3) is 4.54. The number of hydrogen-bond acceptors (Lipinski definition) is 5. The molecule has 0 bridgehead atoms. The van der Waals surface area contributed by atoms with E-state index >= 15 is 0 Å². The zero-order chi connectivity index (χ0) is 21.7. The van der Waals surface area contributed by atoms with E-state index in [9.17, 15) is 9.59 Å². The van der Waals surface area contributed by atoms with Gasteiger partial charge in [0.1, 0.15) is 5.58 Å². The highest BCUT2D eigenvalue weighted by molar-refractivity contribution is 5.99. The third-order valence-electron chi connectivity index (χ3n) is 5.19. The molecule has 1 amide bonds. The van der Waals surface area contributed by atoms with E-state index in [1.54, 1.807) is 13.2 Å². The number of rotatable bonds is 8. The van der Waals surface area contributed by atoms with E-state index in [1.807, 2.05) is 42.5 Å². The summed E-state index contributed by atoms with van der Waals surface area (Å²) < 4.78 is 16.3. The minimum absolute atomic E-state index is 0.0534. The number of furan rings is 1. The van der Waals surface area contributed by atoms with Gasteiger partial charge in [-0.25, -0.2) is 4.79 Å². The van der Waals surface area contributed by atoms with Gasteiger partial charge in [0.2, 0.25) is 5.76 Å². The van der Waals surface area contributed by atoms with Crippen molar-refractivity contribution in [3.8, 4) is 0 Å². The molecule has 0 aliphatic carbocycles. The van der Waals surface area contributed by atoms with Crippen LogP contribution in [0.25, 0.3) is 11.0 Å². The smallest absolute Gasteiger partial charge is 0.375 e. The summed E-state index contributed by atoms with van der Waals surface area (Å²) in [5, 5.41) is 3.66. The number of esters is 1. The molecule has 2 atom stereocenters. The topological polar surface area (TPSA) is 77.8 Å². The highest BCUT2D eigenvalue weighted by Gasteiger charge is 2.26. The molecule has 6 nitrogen and oxygen atoms in total. The molecule has 0 aliphatic rings. The molecule has 158 valence electrons. The molecule has 3 aromatic rings. The van der Waals surface area contributed by atoms with Gasteiger partial charge in [-0.1, -0.05) is 50.2 Å². The van der Waals surface area contributed by atoms with E-state index in [0.29, 0.717) is 17.1 Å². The maximum absolute atomic E-state index is 12.7. The largest absolute Gasteiger partial charge is 0.449 e. The Morgan fingerprint density at radius 1 is 1.07 bits per heavy atom. The predicted molar refractivity (Wildman–Crippen MR) is 116 cm³/mol. The van der Waals surface area contributed by atoms with Crippen LogP contribution in [0, 0.1) is 0 Å². The van der Waals surface area contributed by atoms with Crippen LogP contribution in [-0.4, -0.2) is 25.1 Å². The van der Waals surface area contributed by atoms with Crippen LogP contribution in [0.15, 0.2) is 52.9 Å². The van der Waals surface area contributed by atoms with Crippen molar-refractivity contribution < 1.29 is 23.5 Å². The monoisotopic (exact) mass is 409 g/mol. The standard InChI is InChI=1S/C24H27NO5/c1-5-15(2)17-10-6-8-12-20(17)25-23(26)16(3)29-24(27)22-19(14-28-4)18-11-7-9-13-21(18)30-22/h6-13,15-16H,5,14H2,1-4H3,(H,25,26)/t15-,16+/m0/s1. The number of hydrogen-bond donors (Lipinski definition) is 1. The first-order chi connectivity index (χ1) is 14.5. The van der Waals surface area contributed by atoms with Crippen molar-refractivity contribution in [1.82, 2.24) is 0 Å². The molecular formula is C24H27NO5. The molecule has 0 radical (unpaired) electrons. The lowest BCUT2D eigenvalue weighted by Crippen LogP contribution is -2.30. The van der Waals surface area contributed by atoms with Crippen molar-refractivity contribution in [1.29, 1.82) is 0 Å². The van der Waals surface area contributed by atoms with Gasteiger partial charge in [-0.2, -0.15) is 0 Å². The van der Waals surface area contributed by atoms with Crippen molar-refractivity contribution in [2.75, 3.05) is 12.4 Å². The predicted octanol–water partition coefficient (Wildman–Crippen LogP) is 5.28. The van der Waals surface area contributed by atoms with Crippen molar-refractivity contribution in [3.05, 3.63) is 65.4 Å². The van der Waals surface area contributed by atoms with Gasteiger partial charge in [0, 0.05) is 23.7 Å². The van der Waals surface area contributed by atoms with Crippen LogP contribution in [-0.2, 0) is 20.9 Å². The summed E-state index contributed by atoms with van der Waals surface area (Å²) in [5.41, 5.74) is 2.94. The highest BCUT2D eigenvalue weighted by atomic mass is 16.6. The Labute approximate surface area is 176 Å². The van der Waals surface area contributed by atoms with Crippen LogP contribution in [0.3, 0.4) is 0 Å². The van der Waals surface area contributed by atoms with Gasteiger partial charge in [0.15, 0.2) is 6.10 Å². The summed E-state index contributed by atoms with van der Waals surface area (Å²) in [6, 6.07) is 15.0. The molecule has 0 saturated carbocycles. The quantitative estimate of drug-likeness (QED) is 0.512. The maximum Gasteiger partial charge on any atom is 0.375 e. The number of ether oxygens (including phenoxy) is 2. The molecule has 2 aromatic carbocycles. The lowest BCUT2D eigenvalue weighted by molar-refractivity contribution is -0.123. The maximum atomic E-state index is 12.7. The molecule has 6 heteroatoms. The number of benzene rings is 2. The molecular weight excluding hydrogens is 382 g/mol. The first kappa shape index (κ1) is 21.6. The summed E-state index contributed by atoms with van der Waals surface area (Å²) in [5.74, 6) is -0.746. The Hall–Kier alpha value is -3.12. The summed E-state index contributed by atoms with van der Waals surface area (Å²) in [6.45, 7) is 5.94. The first-order valence-electron chi connectivity index (χ1n) is 10.1. The van der Waals surface area contributed by atoms with Crippen molar-refractivity contribution in [3.63, 3.8) is 0 Å². The fraction of sp³-hybridized carbons (Fsp3) is 0.333. The molecule has 0 unspecified atom stereocenters. The van der Waals surface area contributed by atoms with Crippen LogP contribution >= 0.6 is 0 Å². The number of carbonyl (C=O) groups is 2. The normalized spacial score (nSPS) is 13.1. The Balaban J connectivity index is 1.76. The molecule has 3 rings (SSSR count). The van der Waals surface area contributed by atoms with Crippen molar-refractivity contribution in [2.45, 2.75) is 45.8 Å². The SMILES string of the molecule is CC[C@H](C)c1ccccc1NC(=O)[C@@H](C)OC(=O)c1oc2ccccc2c1COC. The Kier molecular flexibility index (Phi) is 6.90. The van der Waals surface area contributed by atoms with Crippen LogP contribution in [0.4, 0.5) is 5.69 Å². The van der Waals surface area contributed by atoms with Gasteiger partial charge in [-0.05, 0) is 37.0 Å². The van der Waals surface area contributed by atoms with E-state index in [4.69, 9.17) is 13.9 Å². The van der Waals surface area contributed by atoms with Gasteiger partial charge in [-0.15, -0.1) is 0 Å². The van der Waals surface area contributed by atoms with Crippen LogP contribution in [0.2, 0.25) is 0 Å². The van der Waals surface area contributed by atoms with Gasteiger partial charge in [0.25, 0.3) is 5.91 Å². The highest BCUT2D eigenvalue weighted by Crippen LogP contribution is 2.28. The second-order valence-electron chi connectivity index (χ2n) is 7.27. The molecule has 0 spiro atoms. The molecule has 1 aromatic heterocycles. The number of amides is 1. The van der Waals surface area contributed by atoms with Crippen LogP contribution in [0.5, 0.6) is 0 Å². The van der Waals surface area contributed by atoms with E-state index in [-0.39, 0.29) is 12.4 Å². The zero-order valence-electron chi connectivity index (χ0n) is 17.7. The average molecular weight is 409 g/mol. The number of nitrogens with one attached hydrogen (secondary N) is 1. The summed E-state index contributed by atoms with van der Waals surface area (Å²) in [7, 11) is 1.54. The lowest BCUT2D eigenvalue weighted by Gasteiger charge is -2.18. The lowest BCUT2D eigenvalue weighted by atomic mass is 9.97. The van der Waals surface area contributed by atoms with Crippen molar-refractivity contribution >= 4 is 28.5 Å². The zero-order valence-corrected chi connectivity index (χ0v) is 17.7. The van der Waals surface area contributed by atoms with E-state index in [1.165, 1.54) is 6.92 Å². The number of fused-ring (bicyclic) bond motifs is 1. The second-order valence-corrected chi connectivity index (χ2v) is 7.27. The Bertz CT molecular complexity index is 1040. The fourth-order valence-corrected chi connectivity index (χ4v) is 3.31. The number of para-hydroxylation sites is 2. The Morgan fingerprint density at radius 2 is 1.77 bits per heavy atom. The van der Waals surface area contributed by atoms with Crippen LogP contribution < -0.4 is 5.32 Å². The van der Waals surface area contributed by atoms with E-state index < -0.39 is 18.0 Å².